The zero-order valence-electron chi connectivity index (χ0n) is 27.1. The predicted octanol–water partition coefficient (Wildman–Crippen LogP) is 8.49. The molecule has 2 aromatic rings. The van der Waals surface area contributed by atoms with Gasteiger partial charge in [-0.15, -0.1) is 22.2 Å². The minimum Gasteiger partial charge on any atom is -0.127 e. The number of rotatable bonds is 0. The van der Waals surface area contributed by atoms with E-state index in [1.165, 1.54) is 44.5 Å². The Kier molecular flexibility index (Phi) is 9.77. The molecule has 4 aliphatic rings. The summed E-state index contributed by atoms with van der Waals surface area (Å²) < 4.78 is 0. The Morgan fingerprint density at radius 3 is 0.675 bits per heavy atom. The first-order valence-electron chi connectivity index (χ1n) is 14.7. The molecule has 0 aromatic heterocycles. The van der Waals surface area contributed by atoms with Crippen LogP contribution in [0.4, 0.5) is 0 Å². The van der Waals surface area contributed by atoms with Crippen LogP contribution in [0.15, 0.2) is 24.3 Å². The maximum absolute atomic E-state index is 3.69. The van der Waals surface area contributed by atoms with E-state index in [9.17, 15) is 0 Å². The molecule has 0 unspecified atom stereocenters. The van der Waals surface area contributed by atoms with Crippen molar-refractivity contribution in [3.63, 3.8) is 0 Å². The fourth-order valence-electron chi connectivity index (χ4n) is 4.32. The quantitative estimate of drug-likeness (QED) is 0.213. The van der Waals surface area contributed by atoms with Crippen LogP contribution in [0.2, 0.25) is 78.6 Å². The van der Waals surface area contributed by atoms with Gasteiger partial charge in [-0.2, -0.15) is 0 Å². The van der Waals surface area contributed by atoms with Crippen LogP contribution >= 0.6 is 0 Å². The van der Waals surface area contributed by atoms with E-state index in [0.29, 0.717) is 0 Å². The van der Waals surface area contributed by atoms with Gasteiger partial charge in [-0.25, -0.2) is 0 Å². The third-order valence-electron chi connectivity index (χ3n) is 6.33. The van der Waals surface area contributed by atoms with Crippen molar-refractivity contribution in [2.24, 2.45) is 0 Å². The molecular weight excluding hydrogens is 545 g/mol. The Balaban J connectivity index is 2.32. The molecule has 4 bridgehead atoms. The summed E-state index contributed by atoms with van der Waals surface area (Å²) in [5.74, 6) is 14.7. The summed E-state index contributed by atoms with van der Waals surface area (Å²) in [6, 6.07) is 9.32. The molecule has 0 radical (unpaired) electrons. The van der Waals surface area contributed by atoms with E-state index in [2.05, 4.69) is 149 Å². The van der Waals surface area contributed by atoms with Crippen LogP contribution in [0.5, 0.6) is 0 Å². The molecule has 0 atom stereocenters. The standard InChI is InChI=1S/C36H48Si4/c1-37(2,3)25-21-33-29-13-14-30(34(33)22-26-38(4,5)6)19-20-32-16-15-31(18-17-29)35(23-27-39(7,8)9)36(32)24-28-40(10,11)12/h13-16H,17-20H2,1-12H3. The summed E-state index contributed by atoms with van der Waals surface area (Å²) in [5.41, 5.74) is 24.7. The van der Waals surface area contributed by atoms with Crippen LogP contribution in [0, 0.1) is 45.9 Å². The van der Waals surface area contributed by atoms with Crippen molar-refractivity contribution in [3.8, 4) is 45.9 Å². The van der Waals surface area contributed by atoms with E-state index in [4.69, 9.17) is 0 Å². The SMILES string of the molecule is C[Si](C)(C)C#Cc1c2ccc(c1C#C[Si](C)(C)C)CCc1ccc(c(C#C[Si](C)(C)C)c1C#C[Si](C)(C)C)CC2. The van der Waals surface area contributed by atoms with Crippen molar-refractivity contribution in [1.29, 1.82) is 0 Å². The van der Waals surface area contributed by atoms with Gasteiger partial charge in [0.2, 0.25) is 0 Å². The summed E-state index contributed by atoms with van der Waals surface area (Å²) >= 11 is 0. The van der Waals surface area contributed by atoms with Crippen LogP contribution in [0.3, 0.4) is 0 Å². The van der Waals surface area contributed by atoms with Crippen molar-refractivity contribution in [2.45, 2.75) is 104 Å². The predicted molar refractivity (Wildman–Crippen MR) is 189 cm³/mol. The van der Waals surface area contributed by atoms with E-state index in [1.54, 1.807) is 0 Å². The van der Waals surface area contributed by atoms with Gasteiger partial charge < -0.3 is 0 Å². The molecule has 0 heterocycles. The van der Waals surface area contributed by atoms with Crippen LogP contribution in [-0.2, 0) is 25.7 Å². The van der Waals surface area contributed by atoms with Gasteiger partial charge in [-0.05, 0) is 47.9 Å². The molecule has 0 aliphatic heterocycles. The summed E-state index contributed by atoms with van der Waals surface area (Å²) in [7, 11) is -6.20. The number of benzene rings is 2. The van der Waals surface area contributed by atoms with Crippen molar-refractivity contribution in [3.05, 3.63) is 68.8 Å². The van der Waals surface area contributed by atoms with Crippen LogP contribution in [0.1, 0.15) is 44.5 Å². The molecule has 4 aliphatic carbocycles. The highest BCUT2D eigenvalue weighted by Crippen LogP contribution is 2.28. The molecule has 6 rings (SSSR count). The van der Waals surface area contributed by atoms with Gasteiger partial charge in [0.25, 0.3) is 0 Å². The van der Waals surface area contributed by atoms with E-state index >= 15 is 0 Å². The van der Waals surface area contributed by atoms with E-state index in [1.807, 2.05) is 0 Å². The molecule has 0 saturated carbocycles. The van der Waals surface area contributed by atoms with Gasteiger partial charge >= 0.3 is 0 Å². The lowest BCUT2D eigenvalue weighted by molar-refractivity contribution is 0.909. The summed E-state index contributed by atoms with van der Waals surface area (Å²) in [5, 5.41) is 0. The summed E-state index contributed by atoms with van der Waals surface area (Å²) in [6.45, 7) is 27.9. The maximum atomic E-state index is 3.69. The van der Waals surface area contributed by atoms with Crippen LogP contribution in [0.25, 0.3) is 0 Å². The van der Waals surface area contributed by atoms with Crippen LogP contribution in [-0.4, -0.2) is 32.3 Å². The van der Waals surface area contributed by atoms with Crippen LogP contribution < -0.4 is 0 Å². The number of hydrogen-bond acceptors (Lipinski definition) is 0. The second kappa shape index (κ2) is 12.2. The van der Waals surface area contributed by atoms with E-state index < -0.39 is 32.3 Å². The van der Waals surface area contributed by atoms with E-state index in [-0.39, 0.29) is 0 Å². The molecule has 0 N–H and O–H groups in total. The first-order chi connectivity index (χ1) is 18.3. The van der Waals surface area contributed by atoms with Gasteiger partial charge in [0.15, 0.2) is 0 Å². The summed E-state index contributed by atoms with van der Waals surface area (Å²) in [6.07, 6.45) is 3.72. The van der Waals surface area contributed by atoms with Gasteiger partial charge in [-0.3, -0.25) is 0 Å². The smallest absolute Gasteiger partial charge is 0.127 e. The number of aryl methyl sites for hydroxylation is 4. The highest BCUT2D eigenvalue weighted by Gasteiger charge is 2.19. The molecule has 40 heavy (non-hydrogen) atoms. The zero-order chi connectivity index (χ0) is 29.9. The number of hydrogen-bond donors (Lipinski definition) is 0. The average Bonchev–Trinajstić information content (AvgIpc) is 2.78. The monoisotopic (exact) mass is 592 g/mol. The largest absolute Gasteiger partial charge is 0.129 e. The molecule has 2 aromatic carbocycles. The fraction of sp³-hybridized carbons (Fsp3) is 0.444. The minimum atomic E-state index is -1.55. The van der Waals surface area contributed by atoms with E-state index in [0.717, 1.165) is 25.7 Å². The first kappa shape index (κ1) is 32.1. The maximum Gasteiger partial charge on any atom is 0.129 e. The molecule has 208 valence electrons. The Morgan fingerprint density at radius 2 is 0.525 bits per heavy atom. The van der Waals surface area contributed by atoms with Gasteiger partial charge in [0, 0.05) is 22.3 Å². The van der Waals surface area contributed by atoms with Crippen molar-refractivity contribution in [1.82, 2.24) is 0 Å². The third kappa shape index (κ3) is 9.87. The second-order valence-corrected chi connectivity index (χ2v) is 34.3. The molecular formula is C36H48Si4. The molecule has 0 spiro atoms. The Labute approximate surface area is 250 Å². The molecule has 4 heteroatoms. The Hall–Kier alpha value is -2.45. The molecule has 0 nitrogen and oxygen atoms in total. The lowest BCUT2D eigenvalue weighted by atomic mass is 9.86. The Morgan fingerprint density at radius 1 is 0.350 bits per heavy atom. The average molecular weight is 593 g/mol. The highest BCUT2D eigenvalue weighted by atomic mass is 28.3. The molecule has 0 fully saturated rings. The first-order valence-corrected chi connectivity index (χ1v) is 28.7. The third-order valence-corrected chi connectivity index (χ3v) is 9.83. The van der Waals surface area contributed by atoms with Crippen molar-refractivity contribution < 1.29 is 0 Å². The van der Waals surface area contributed by atoms with Gasteiger partial charge in [0.1, 0.15) is 32.3 Å². The second-order valence-electron chi connectivity index (χ2n) is 15.3. The normalized spacial score (nSPS) is 13.3. The fourth-order valence-corrected chi connectivity index (χ4v) is 6.32. The minimum absolute atomic E-state index is 0.930. The van der Waals surface area contributed by atoms with Gasteiger partial charge in [0.05, 0.1) is 0 Å². The zero-order valence-corrected chi connectivity index (χ0v) is 31.1. The van der Waals surface area contributed by atoms with Crippen molar-refractivity contribution >= 4 is 32.3 Å². The highest BCUT2D eigenvalue weighted by molar-refractivity contribution is 6.85. The Bertz CT molecular complexity index is 1300. The topological polar surface area (TPSA) is 0 Å². The lowest BCUT2D eigenvalue weighted by Crippen LogP contribution is -2.18. The molecule has 0 saturated heterocycles. The summed E-state index contributed by atoms with van der Waals surface area (Å²) in [4.78, 5) is 0. The lowest BCUT2D eigenvalue weighted by Gasteiger charge is -2.18. The van der Waals surface area contributed by atoms with Crippen molar-refractivity contribution in [2.75, 3.05) is 0 Å². The molecule has 0 amide bonds. The van der Waals surface area contributed by atoms with Gasteiger partial charge in [-0.1, -0.05) is 127 Å².